The molecular weight excluding hydrogens is 270 g/mol. The van der Waals surface area contributed by atoms with Crippen molar-refractivity contribution < 1.29 is 19.0 Å². The molecule has 0 atom stereocenters. The molecule has 0 radical (unpaired) electrons. The van der Waals surface area contributed by atoms with Crippen molar-refractivity contribution in [1.29, 1.82) is 0 Å². The van der Waals surface area contributed by atoms with E-state index in [1.807, 2.05) is 19.2 Å². The van der Waals surface area contributed by atoms with E-state index in [9.17, 15) is 4.79 Å². The maximum atomic E-state index is 11.1. The Hall–Kier alpha value is -1.75. The molecule has 0 unspecified atom stereocenters. The first-order valence-corrected chi connectivity index (χ1v) is 6.98. The van der Waals surface area contributed by atoms with E-state index in [0.717, 1.165) is 36.6 Å². The second kappa shape index (κ2) is 8.52. The fraction of sp³-hybridized carbons (Fsp3) is 0.562. The number of esters is 1. The number of aryl methyl sites for hydroxylation is 1. The lowest BCUT2D eigenvalue weighted by Gasteiger charge is -2.19. The number of methoxy groups -OCH3 is 3. The van der Waals surface area contributed by atoms with Gasteiger partial charge in [0.15, 0.2) is 11.5 Å². The number of rotatable bonds is 8. The smallest absolute Gasteiger partial charge is 0.305 e. The summed E-state index contributed by atoms with van der Waals surface area (Å²) in [6, 6.07) is 3.99. The molecule has 1 aromatic carbocycles. The fourth-order valence-corrected chi connectivity index (χ4v) is 2.16. The van der Waals surface area contributed by atoms with Crippen LogP contribution in [0.1, 0.15) is 24.0 Å². The Labute approximate surface area is 126 Å². The van der Waals surface area contributed by atoms with Gasteiger partial charge in [0.05, 0.1) is 21.3 Å². The average molecular weight is 295 g/mol. The summed E-state index contributed by atoms with van der Waals surface area (Å²) < 4.78 is 15.3. The van der Waals surface area contributed by atoms with Crippen molar-refractivity contribution in [3.63, 3.8) is 0 Å². The molecule has 0 heterocycles. The zero-order chi connectivity index (χ0) is 15.8. The Morgan fingerprint density at radius 3 is 2.33 bits per heavy atom. The van der Waals surface area contributed by atoms with E-state index in [1.165, 1.54) is 12.7 Å². The summed E-state index contributed by atoms with van der Waals surface area (Å²) in [5, 5.41) is 0. The molecule has 0 spiro atoms. The van der Waals surface area contributed by atoms with Gasteiger partial charge in [0.25, 0.3) is 0 Å². The third-order valence-electron chi connectivity index (χ3n) is 3.43. The molecular formula is C16H25NO4. The van der Waals surface area contributed by atoms with E-state index < -0.39 is 0 Å². The molecule has 0 aliphatic heterocycles. The second-order valence-corrected chi connectivity index (χ2v) is 5.05. The van der Waals surface area contributed by atoms with Crippen molar-refractivity contribution >= 4 is 5.97 Å². The lowest BCUT2D eigenvalue weighted by atomic mass is 10.1. The van der Waals surface area contributed by atoms with Crippen molar-refractivity contribution in [3.05, 3.63) is 23.3 Å². The summed E-state index contributed by atoms with van der Waals surface area (Å²) >= 11 is 0. The zero-order valence-corrected chi connectivity index (χ0v) is 13.6. The molecule has 0 saturated heterocycles. The zero-order valence-electron chi connectivity index (χ0n) is 13.6. The van der Waals surface area contributed by atoms with Crippen molar-refractivity contribution in [2.24, 2.45) is 0 Å². The SMILES string of the molecule is COC(=O)CCCN(C)Cc1cc(OC)c(OC)cc1C. The molecule has 0 aliphatic rings. The van der Waals surface area contributed by atoms with Gasteiger partial charge in [-0.15, -0.1) is 0 Å². The Kier molecular flexibility index (Phi) is 7.02. The third-order valence-corrected chi connectivity index (χ3v) is 3.43. The van der Waals surface area contributed by atoms with Crippen molar-refractivity contribution in [3.8, 4) is 11.5 Å². The molecule has 118 valence electrons. The van der Waals surface area contributed by atoms with E-state index in [-0.39, 0.29) is 5.97 Å². The van der Waals surface area contributed by atoms with Crippen LogP contribution in [0.5, 0.6) is 11.5 Å². The largest absolute Gasteiger partial charge is 0.493 e. The molecule has 1 aromatic rings. The normalized spacial score (nSPS) is 10.6. The topological polar surface area (TPSA) is 48.0 Å². The molecule has 0 saturated carbocycles. The lowest BCUT2D eigenvalue weighted by Crippen LogP contribution is -2.20. The average Bonchev–Trinajstić information content (AvgIpc) is 2.48. The van der Waals surface area contributed by atoms with E-state index in [0.29, 0.717) is 6.42 Å². The summed E-state index contributed by atoms with van der Waals surface area (Å²) in [4.78, 5) is 13.3. The predicted molar refractivity (Wildman–Crippen MR) is 81.9 cm³/mol. The molecule has 21 heavy (non-hydrogen) atoms. The van der Waals surface area contributed by atoms with Crippen LogP contribution in [0.2, 0.25) is 0 Å². The Morgan fingerprint density at radius 2 is 1.76 bits per heavy atom. The van der Waals surface area contributed by atoms with Gasteiger partial charge in [-0.2, -0.15) is 0 Å². The molecule has 0 N–H and O–H groups in total. The monoisotopic (exact) mass is 295 g/mol. The highest BCUT2D eigenvalue weighted by molar-refractivity contribution is 5.69. The summed E-state index contributed by atoms with van der Waals surface area (Å²) in [6.45, 7) is 3.69. The van der Waals surface area contributed by atoms with Gasteiger partial charge in [-0.25, -0.2) is 0 Å². The van der Waals surface area contributed by atoms with Crippen LogP contribution in [0.3, 0.4) is 0 Å². The van der Waals surface area contributed by atoms with Gasteiger partial charge in [-0.05, 0) is 50.2 Å². The fourth-order valence-electron chi connectivity index (χ4n) is 2.16. The summed E-state index contributed by atoms with van der Waals surface area (Å²) in [7, 11) is 6.72. The Bertz CT molecular complexity index is 474. The predicted octanol–water partition coefficient (Wildman–Crippen LogP) is 2.40. The summed E-state index contributed by atoms with van der Waals surface area (Å²) in [5.41, 5.74) is 2.35. The van der Waals surface area contributed by atoms with Crippen LogP contribution < -0.4 is 9.47 Å². The highest BCUT2D eigenvalue weighted by Gasteiger charge is 2.10. The Morgan fingerprint density at radius 1 is 1.14 bits per heavy atom. The number of benzene rings is 1. The molecule has 0 aromatic heterocycles. The van der Waals surface area contributed by atoms with Gasteiger partial charge in [0.2, 0.25) is 0 Å². The van der Waals surface area contributed by atoms with Gasteiger partial charge >= 0.3 is 5.97 Å². The maximum Gasteiger partial charge on any atom is 0.305 e. The van der Waals surface area contributed by atoms with Crippen LogP contribution in [0, 0.1) is 6.92 Å². The van der Waals surface area contributed by atoms with Crippen LogP contribution in [0.15, 0.2) is 12.1 Å². The van der Waals surface area contributed by atoms with Gasteiger partial charge < -0.3 is 19.1 Å². The van der Waals surface area contributed by atoms with Crippen molar-refractivity contribution in [2.75, 3.05) is 34.9 Å². The van der Waals surface area contributed by atoms with E-state index in [4.69, 9.17) is 9.47 Å². The third kappa shape index (κ3) is 5.27. The summed E-state index contributed by atoms with van der Waals surface area (Å²) in [6.07, 6.45) is 1.24. The molecule has 0 aliphatic carbocycles. The standard InChI is InChI=1S/C16H25NO4/c1-12-9-14(19-3)15(20-4)10-13(12)11-17(2)8-6-7-16(18)21-5/h9-10H,6-8,11H2,1-5H3. The van der Waals surface area contributed by atoms with Gasteiger partial charge in [-0.1, -0.05) is 0 Å². The maximum absolute atomic E-state index is 11.1. The van der Waals surface area contributed by atoms with Gasteiger partial charge in [0, 0.05) is 13.0 Å². The first kappa shape index (κ1) is 17.3. The molecule has 5 heteroatoms. The quantitative estimate of drug-likeness (QED) is 0.689. The first-order chi connectivity index (χ1) is 10.0. The van der Waals surface area contributed by atoms with Crippen LogP contribution in [0.4, 0.5) is 0 Å². The molecule has 0 amide bonds. The van der Waals surface area contributed by atoms with Crippen LogP contribution >= 0.6 is 0 Å². The number of carbonyl (C=O) groups is 1. The number of carbonyl (C=O) groups excluding carboxylic acids is 1. The molecule has 0 fully saturated rings. The number of hydrogen-bond donors (Lipinski definition) is 0. The molecule has 1 rings (SSSR count). The highest BCUT2D eigenvalue weighted by Crippen LogP contribution is 2.30. The molecule has 5 nitrogen and oxygen atoms in total. The first-order valence-electron chi connectivity index (χ1n) is 6.98. The Balaban J connectivity index is 2.63. The van der Waals surface area contributed by atoms with Crippen LogP contribution in [-0.2, 0) is 16.1 Å². The van der Waals surface area contributed by atoms with Gasteiger partial charge in [0.1, 0.15) is 0 Å². The van der Waals surface area contributed by atoms with Crippen molar-refractivity contribution in [2.45, 2.75) is 26.3 Å². The number of hydrogen-bond acceptors (Lipinski definition) is 5. The minimum absolute atomic E-state index is 0.161. The second-order valence-electron chi connectivity index (χ2n) is 5.05. The molecule has 0 bridgehead atoms. The van der Waals surface area contributed by atoms with Gasteiger partial charge in [-0.3, -0.25) is 4.79 Å². The lowest BCUT2D eigenvalue weighted by molar-refractivity contribution is -0.140. The van der Waals surface area contributed by atoms with E-state index in [2.05, 4.69) is 16.6 Å². The number of nitrogens with zero attached hydrogens (tertiary/aromatic N) is 1. The number of ether oxygens (including phenoxy) is 3. The van der Waals surface area contributed by atoms with Crippen LogP contribution in [0.25, 0.3) is 0 Å². The van der Waals surface area contributed by atoms with Crippen LogP contribution in [-0.4, -0.2) is 45.8 Å². The summed E-state index contributed by atoms with van der Waals surface area (Å²) in [5.74, 6) is 1.32. The van der Waals surface area contributed by atoms with Crippen molar-refractivity contribution in [1.82, 2.24) is 4.90 Å². The highest BCUT2D eigenvalue weighted by atomic mass is 16.5. The minimum Gasteiger partial charge on any atom is -0.493 e. The van der Waals surface area contributed by atoms with E-state index in [1.54, 1.807) is 14.2 Å². The minimum atomic E-state index is -0.161. The van der Waals surface area contributed by atoms with E-state index >= 15 is 0 Å².